The predicted molar refractivity (Wildman–Crippen MR) is 66.0 cm³/mol. The molecule has 0 spiro atoms. The lowest BCUT2D eigenvalue weighted by Crippen LogP contribution is -2.31. The molecule has 0 heterocycles. The summed E-state index contributed by atoms with van der Waals surface area (Å²) in [6.07, 6.45) is 2.32. The molecule has 0 saturated carbocycles. The SMILES string of the molecule is CCC(Cl)CCNS(=O)(=O)CCS(C)(=O)=O. The van der Waals surface area contributed by atoms with Crippen LogP contribution < -0.4 is 4.72 Å². The van der Waals surface area contributed by atoms with Crippen molar-refractivity contribution in [2.75, 3.05) is 24.3 Å². The molecule has 1 unspecified atom stereocenters. The van der Waals surface area contributed by atoms with Crippen molar-refractivity contribution in [3.05, 3.63) is 0 Å². The van der Waals surface area contributed by atoms with Crippen molar-refractivity contribution in [1.29, 1.82) is 0 Å². The van der Waals surface area contributed by atoms with E-state index in [4.69, 9.17) is 11.6 Å². The Hall–Kier alpha value is 0.150. The molecule has 0 rings (SSSR count). The number of rotatable bonds is 8. The number of sulfone groups is 1. The van der Waals surface area contributed by atoms with Gasteiger partial charge in [-0.25, -0.2) is 21.6 Å². The second kappa shape index (κ2) is 6.78. The van der Waals surface area contributed by atoms with Crippen LogP contribution in [-0.4, -0.2) is 46.5 Å². The van der Waals surface area contributed by atoms with Crippen molar-refractivity contribution in [2.45, 2.75) is 25.1 Å². The van der Waals surface area contributed by atoms with E-state index < -0.39 is 25.6 Å². The van der Waals surface area contributed by atoms with Gasteiger partial charge in [0.15, 0.2) is 0 Å². The summed E-state index contributed by atoms with van der Waals surface area (Å²) in [6.45, 7) is 2.16. The first-order chi connectivity index (χ1) is 7.16. The van der Waals surface area contributed by atoms with Gasteiger partial charge in [-0.2, -0.15) is 0 Å². The smallest absolute Gasteiger partial charge is 0.212 e. The molecule has 0 aliphatic rings. The van der Waals surface area contributed by atoms with Gasteiger partial charge in [0, 0.05) is 18.2 Å². The standard InChI is InChI=1S/C8H18ClNO4S2/c1-3-8(9)4-5-10-16(13,14)7-6-15(2,11)12/h8,10H,3-7H2,1-2H3. The number of nitrogens with one attached hydrogen (secondary N) is 1. The third-order valence-corrected chi connectivity index (χ3v) is 5.06. The maximum absolute atomic E-state index is 11.3. The zero-order valence-electron chi connectivity index (χ0n) is 9.44. The molecule has 16 heavy (non-hydrogen) atoms. The van der Waals surface area contributed by atoms with Crippen LogP contribution in [0.25, 0.3) is 0 Å². The highest BCUT2D eigenvalue weighted by atomic mass is 35.5. The van der Waals surface area contributed by atoms with Gasteiger partial charge in [0.05, 0.1) is 11.5 Å². The van der Waals surface area contributed by atoms with Gasteiger partial charge in [-0.05, 0) is 12.8 Å². The Labute approximate surface area is 103 Å². The van der Waals surface area contributed by atoms with Crippen molar-refractivity contribution < 1.29 is 16.8 Å². The van der Waals surface area contributed by atoms with E-state index in [0.717, 1.165) is 12.7 Å². The van der Waals surface area contributed by atoms with Gasteiger partial charge in [-0.3, -0.25) is 0 Å². The highest BCUT2D eigenvalue weighted by molar-refractivity contribution is 7.93. The van der Waals surface area contributed by atoms with Crippen LogP contribution in [0.4, 0.5) is 0 Å². The quantitative estimate of drug-likeness (QED) is 0.655. The summed E-state index contributed by atoms with van der Waals surface area (Å²) in [5.74, 6) is -0.759. The van der Waals surface area contributed by atoms with Crippen LogP contribution in [0, 0.1) is 0 Å². The molecule has 5 nitrogen and oxygen atoms in total. The molecule has 0 aromatic rings. The predicted octanol–water partition coefficient (Wildman–Crippen LogP) is 0.358. The monoisotopic (exact) mass is 291 g/mol. The third-order valence-electron chi connectivity index (χ3n) is 1.95. The fourth-order valence-corrected chi connectivity index (χ4v) is 3.68. The Morgan fingerprint density at radius 3 is 2.19 bits per heavy atom. The maximum Gasteiger partial charge on any atom is 0.212 e. The molecule has 0 aliphatic heterocycles. The first kappa shape index (κ1) is 16.1. The molecule has 98 valence electrons. The Balaban J connectivity index is 3.98. The van der Waals surface area contributed by atoms with Gasteiger partial charge in [-0.15, -0.1) is 11.6 Å². The molecule has 0 amide bonds. The molecule has 1 atom stereocenters. The second-order valence-corrected chi connectivity index (χ2v) is 8.44. The van der Waals surface area contributed by atoms with Gasteiger partial charge in [0.2, 0.25) is 10.0 Å². The summed E-state index contributed by atoms with van der Waals surface area (Å²) >= 11 is 5.81. The minimum Gasteiger partial charge on any atom is -0.229 e. The third kappa shape index (κ3) is 9.38. The summed E-state index contributed by atoms with van der Waals surface area (Å²) in [6, 6.07) is 0. The van der Waals surface area contributed by atoms with E-state index in [1.807, 2.05) is 6.92 Å². The highest BCUT2D eigenvalue weighted by Gasteiger charge is 2.14. The van der Waals surface area contributed by atoms with Crippen molar-refractivity contribution in [3.8, 4) is 0 Å². The first-order valence-electron chi connectivity index (χ1n) is 4.95. The topological polar surface area (TPSA) is 80.3 Å². The number of alkyl halides is 1. The lowest BCUT2D eigenvalue weighted by Gasteiger charge is -2.08. The molecule has 8 heteroatoms. The molecule has 0 aromatic heterocycles. The molecule has 0 bridgehead atoms. The van der Waals surface area contributed by atoms with Crippen molar-refractivity contribution in [1.82, 2.24) is 4.72 Å². The van der Waals surface area contributed by atoms with Crippen molar-refractivity contribution in [2.24, 2.45) is 0 Å². The van der Waals surface area contributed by atoms with Crippen LogP contribution in [-0.2, 0) is 19.9 Å². The van der Waals surface area contributed by atoms with E-state index in [1.165, 1.54) is 0 Å². The van der Waals surface area contributed by atoms with Crippen LogP contribution >= 0.6 is 11.6 Å². The second-order valence-electron chi connectivity index (χ2n) is 3.64. The minimum atomic E-state index is -3.51. The lowest BCUT2D eigenvalue weighted by atomic mass is 10.2. The Morgan fingerprint density at radius 1 is 1.19 bits per heavy atom. The van der Waals surface area contributed by atoms with Crippen LogP contribution in [0.15, 0.2) is 0 Å². The fourth-order valence-electron chi connectivity index (χ4n) is 0.908. The Kier molecular flexibility index (Phi) is 6.84. The van der Waals surface area contributed by atoms with Gasteiger partial charge < -0.3 is 0 Å². The number of sulfonamides is 1. The number of halogens is 1. The molecule has 0 aliphatic carbocycles. The van der Waals surface area contributed by atoms with Gasteiger partial charge in [0.1, 0.15) is 9.84 Å². The van der Waals surface area contributed by atoms with Crippen molar-refractivity contribution in [3.63, 3.8) is 0 Å². The molecular formula is C8H18ClNO4S2. The lowest BCUT2D eigenvalue weighted by molar-refractivity contribution is 0.575. The van der Waals surface area contributed by atoms with Crippen LogP contribution in [0.3, 0.4) is 0 Å². The average Bonchev–Trinajstić information content (AvgIpc) is 2.13. The van der Waals surface area contributed by atoms with E-state index >= 15 is 0 Å². The van der Waals surface area contributed by atoms with Crippen LogP contribution in [0.2, 0.25) is 0 Å². The van der Waals surface area contributed by atoms with Crippen LogP contribution in [0.5, 0.6) is 0 Å². The summed E-state index contributed by atoms with van der Waals surface area (Å²) < 4.78 is 46.6. The normalized spacial score (nSPS) is 14.9. The van der Waals surface area contributed by atoms with E-state index in [2.05, 4.69) is 4.72 Å². The molecule has 0 aromatic carbocycles. The van der Waals surface area contributed by atoms with E-state index in [9.17, 15) is 16.8 Å². The zero-order valence-corrected chi connectivity index (χ0v) is 11.8. The summed E-state index contributed by atoms with van der Waals surface area (Å²) in [7, 11) is -6.76. The zero-order chi connectivity index (χ0) is 12.8. The minimum absolute atomic E-state index is 0.0578. The molecule has 0 radical (unpaired) electrons. The number of hydrogen-bond donors (Lipinski definition) is 1. The summed E-state index contributed by atoms with van der Waals surface area (Å²) in [5, 5.41) is -0.0578. The largest absolute Gasteiger partial charge is 0.229 e. The van der Waals surface area contributed by atoms with Gasteiger partial charge >= 0.3 is 0 Å². The fraction of sp³-hybridized carbons (Fsp3) is 1.00. The maximum atomic E-state index is 11.3. The molecule has 0 saturated heterocycles. The average molecular weight is 292 g/mol. The molecular weight excluding hydrogens is 274 g/mol. The molecule has 1 N–H and O–H groups in total. The van der Waals surface area contributed by atoms with E-state index in [1.54, 1.807) is 0 Å². The van der Waals surface area contributed by atoms with Gasteiger partial charge in [-0.1, -0.05) is 6.92 Å². The molecule has 0 fully saturated rings. The van der Waals surface area contributed by atoms with E-state index in [0.29, 0.717) is 6.42 Å². The number of hydrogen-bond acceptors (Lipinski definition) is 4. The Bertz CT molecular complexity index is 390. The van der Waals surface area contributed by atoms with E-state index in [-0.39, 0.29) is 17.7 Å². The summed E-state index contributed by atoms with van der Waals surface area (Å²) in [4.78, 5) is 0. The highest BCUT2D eigenvalue weighted by Crippen LogP contribution is 2.05. The van der Waals surface area contributed by atoms with Crippen LogP contribution in [0.1, 0.15) is 19.8 Å². The first-order valence-corrected chi connectivity index (χ1v) is 9.10. The van der Waals surface area contributed by atoms with Crippen molar-refractivity contribution >= 4 is 31.5 Å². The van der Waals surface area contributed by atoms with Gasteiger partial charge in [0.25, 0.3) is 0 Å². The summed E-state index contributed by atoms with van der Waals surface area (Å²) in [5.41, 5.74) is 0. The Morgan fingerprint density at radius 2 is 1.75 bits per heavy atom.